The molecular weight excluding hydrogens is 335 g/mol. The Bertz CT molecular complexity index is 806. The number of hydrogen-bond acceptors (Lipinski definition) is 3. The molecule has 8 heteroatoms. The van der Waals surface area contributed by atoms with Crippen molar-refractivity contribution in [3.63, 3.8) is 0 Å². The highest BCUT2D eigenvalue weighted by Gasteiger charge is 2.36. The summed E-state index contributed by atoms with van der Waals surface area (Å²) < 4.78 is 39.9. The van der Waals surface area contributed by atoms with E-state index < -0.39 is 11.9 Å². The molecule has 0 saturated heterocycles. The summed E-state index contributed by atoms with van der Waals surface area (Å²) in [6, 6.07) is 7.94. The minimum Gasteiger partial charge on any atom is -0.218 e. The van der Waals surface area contributed by atoms with Crippen molar-refractivity contribution < 1.29 is 13.2 Å². The highest BCUT2D eigenvalue weighted by molar-refractivity contribution is 7.12. The third-order valence-corrected chi connectivity index (χ3v) is 4.00. The lowest BCUT2D eigenvalue weighted by Crippen LogP contribution is -2.13. The van der Waals surface area contributed by atoms with Crippen LogP contribution >= 0.6 is 22.9 Å². The van der Waals surface area contributed by atoms with Gasteiger partial charge in [0.15, 0.2) is 5.69 Å². The van der Waals surface area contributed by atoms with E-state index in [0.717, 1.165) is 27.6 Å². The Labute approximate surface area is 133 Å². The van der Waals surface area contributed by atoms with Gasteiger partial charge in [-0.25, -0.2) is 9.67 Å². The fourth-order valence-corrected chi connectivity index (χ4v) is 2.88. The van der Waals surface area contributed by atoms with Crippen LogP contribution in [-0.2, 0) is 6.18 Å². The van der Waals surface area contributed by atoms with Gasteiger partial charge in [0.25, 0.3) is 0 Å². The monoisotopic (exact) mass is 343 g/mol. The van der Waals surface area contributed by atoms with Gasteiger partial charge in [0.1, 0.15) is 0 Å². The summed E-state index contributed by atoms with van der Waals surface area (Å²) in [6.07, 6.45) is -4.48. The Hall–Kier alpha value is -1.86. The largest absolute Gasteiger partial charge is 0.433 e. The lowest BCUT2D eigenvalue weighted by molar-refractivity contribution is -0.142. The van der Waals surface area contributed by atoms with E-state index in [9.17, 15) is 13.2 Å². The van der Waals surface area contributed by atoms with Gasteiger partial charge >= 0.3 is 6.18 Å². The molecule has 0 aliphatic carbocycles. The van der Waals surface area contributed by atoms with Gasteiger partial charge in [-0.2, -0.15) is 18.3 Å². The second-order valence-corrected chi connectivity index (χ2v) is 5.88. The Morgan fingerprint density at radius 3 is 2.50 bits per heavy atom. The number of benzene rings is 1. The molecule has 3 nitrogen and oxygen atoms in total. The predicted octanol–water partition coefficient (Wildman–Crippen LogP) is 4.98. The van der Waals surface area contributed by atoms with Crippen LogP contribution in [-0.4, -0.2) is 14.8 Å². The zero-order chi connectivity index (χ0) is 15.9. The van der Waals surface area contributed by atoms with E-state index in [2.05, 4.69) is 10.1 Å². The first-order valence-corrected chi connectivity index (χ1v) is 7.46. The number of aryl methyl sites for hydroxylation is 1. The molecule has 0 N–H and O–H groups in total. The summed E-state index contributed by atoms with van der Waals surface area (Å²) in [5, 5.41) is 6.34. The first-order chi connectivity index (χ1) is 10.3. The Morgan fingerprint density at radius 2 is 1.86 bits per heavy atom. The molecule has 2 heterocycles. The van der Waals surface area contributed by atoms with Crippen LogP contribution in [0.3, 0.4) is 0 Å². The molecule has 3 rings (SSSR count). The molecule has 2 aromatic heterocycles. The third-order valence-electron chi connectivity index (χ3n) is 2.94. The van der Waals surface area contributed by atoms with Crippen LogP contribution in [0.5, 0.6) is 0 Å². The van der Waals surface area contributed by atoms with Crippen molar-refractivity contribution in [2.24, 2.45) is 0 Å². The van der Waals surface area contributed by atoms with Gasteiger partial charge in [0.05, 0.1) is 11.4 Å². The molecule has 0 spiro atoms. The molecule has 3 aromatic rings. The van der Waals surface area contributed by atoms with Crippen molar-refractivity contribution in [1.29, 1.82) is 0 Å². The van der Waals surface area contributed by atoms with Crippen LogP contribution in [0.15, 0.2) is 35.7 Å². The minimum atomic E-state index is -4.48. The molecule has 22 heavy (non-hydrogen) atoms. The number of hydrogen-bond donors (Lipinski definition) is 0. The minimum absolute atomic E-state index is 0.172. The number of aromatic nitrogens is 3. The molecule has 0 saturated carbocycles. The van der Waals surface area contributed by atoms with E-state index in [-0.39, 0.29) is 10.8 Å². The number of nitrogens with zero attached hydrogens (tertiary/aromatic N) is 3. The van der Waals surface area contributed by atoms with Crippen molar-refractivity contribution in [3.8, 4) is 16.4 Å². The Balaban J connectivity index is 2.03. The topological polar surface area (TPSA) is 30.7 Å². The van der Waals surface area contributed by atoms with Crippen LogP contribution in [0.1, 0.15) is 11.4 Å². The lowest BCUT2D eigenvalue weighted by atomic mass is 10.2. The second kappa shape index (κ2) is 5.40. The number of halogens is 4. The molecule has 0 radical (unpaired) electrons. The van der Waals surface area contributed by atoms with Crippen LogP contribution in [0, 0.1) is 6.92 Å². The van der Waals surface area contributed by atoms with Gasteiger partial charge in [-0.05, 0) is 25.1 Å². The molecule has 0 atom stereocenters. The molecule has 0 bridgehead atoms. The zero-order valence-corrected chi connectivity index (χ0v) is 12.8. The average Bonchev–Trinajstić information content (AvgIpc) is 3.05. The molecule has 0 amide bonds. The highest BCUT2D eigenvalue weighted by Crippen LogP contribution is 2.33. The van der Waals surface area contributed by atoms with Gasteiger partial charge in [-0.3, -0.25) is 0 Å². The molecule has 0 aliphatic rings. The zero-order valence-electron chi connectivity index (χ0n) is 11.2. The van der Waals surface area contributed by atoms with Gasteiger partial charge in [0.2, 0.25) is 5.13 Å². The van der Waals surface area contributed by atoms with Crippen molar-refractivity contribution in [2.75, 3.05) is 0 Å². The van der Waals surface area contributed by atoms with Gasteiger partial charge in [-0.1, -0.05) is 23.7 Å². The molecule has 0 aliphatic heterocycles. The summed E-state index contributed by atoms with van der Waals surface area (Å²) in [5.41, 5.74) is 0.819. The maximum Gasteiger partial charge on any atom is 0.433 e. The first-order valence-electron chi connectivity index (χ1n) is 6.20. The van der Waals surface area contributed by atoms with Crippen molar-refractivity contribution >= 4 is 22.9 Å². The molecule has 0 unspecified atom stereocenters. The smallest absolute Gasteiger partial charge is 0.218 e. The van der Waals surface area contributed by atoms with Crippen molar-refractivity contribution in [3.05, 3.63) is 52.1 Å². The fourth-order valence-electron chi connectivity index (χ4n) is 1.96. The van der Waals surface area contributed by atoms with E-state index in [4.69, 9.17) is 11.6 Å². The molecular formula is C14H9ClF3N3S. The fraction of sp³-hybridized carbons (Fsp3) is 0.143. The number of alkyl halides is 3. The lowest BCUT2D eigenvalue weighted by Gasteiger charge is -2.07. The quantitative estimate of drug-likeness (QED) is 0.657. The summed E-state index contributed by atoms with van der Waals surface area (Å²) >= 11 is 6.92. The molecule has 114 valence electrons. The first kappa shape index (κ1) is 15.1. The number of thiazole rings is 1. The van der Waals surface area contributed by atoms with Crippen LogP contribution in [0.2, 0.25) is 5.02 Å². The maximum atomic E-state index is 13.0. The summed E-state index contributed by atoms with van der Waals surface area (Å²) in [7, 11) is 0. The highest BCUT2D eigenvalue weighted by atomic mass is 35.5. The normalized spacial score (nSPS) is 11.9. The summed E-state index contributed by atoms with van der Waals surface area (Å²) in [6.45, 7) is 1.51. The standard InChI is InChI=1S/C14H9ClF3N3S/c1-8-6-12(14(16,17)18)21(20-8)13-19-11(7-22-13)9-2-4-10(15)5-3-9/h2-7H,1H3. The predicted molar refractivity (Wildman–Crippen MR) is 79.4 cm³/mol. The second-order valence-electron chi connectivity index (χ2n) is 4.60. The van der Waals surface area contributed by atoms with Gasteiger partial charge < -0.3 is 0 Å². The van der Waals surface area contributed by atoms with E-state index in [1.807, 2.05) is 0 Å². The summed E-state index contributed by atoms with van der Waals surface area (Å²) in [5.74, 6) is 0. The average molecular weight is 344 g/mol. The maximum absolute atomic E-state index is 13.0. The van der Waals surface area contributed by atoms with Crippen LogP contribution < -0.4 is 0 Å². The number of rotatable bonds is 2. The van der Waals surface area contributed by atoms with E-state index in [1.54, 1.807) is 29.6 Å². The SMILES string of the molecule is Cc1cc(C(F)(F)F)n(-c2nc(-c3ccc(Cl)cc3)cs2)n1. The van der Waals surface area contributed by atoms with Crippen molar-refractivity contribution in [2.45, 2.75) is 13.1 Å². The van der Waals surface area contributed by atoms with Crippen molar-refractivity contribution in [1.82, 2.24) is 14.8 Å². The molecule has 1 aromatic carbocycles. The molecule has 0 fully saturated rings. The van der Waals surface area contributed by atoms with E-state index in [0.29, 0.717) is 10.7 Å². The Kier molecular flexibility index (Phi) is 3.70. The van der Waals surface area contributed by atoms with E-state index >= 15 is 0 Å². The summed E-state index contributed by atoms with van der Waals surface area (Å²) in [4.78, 5) is 4.24. The van der Waals surface area contributed by atoms with Crippen LogP contribution in [0.25, 0.3) is 16.4 Å². The van der Waals surface area contributed by atoms with Gasteiger partial charge in [0, 0.05) is 16.0 Å². The van der Waals surface area contributed by atoms with E-state index in [1.165, 1.54) is 6.92 Å². The van der Waals surface area contributed by atoms with Gasteiger partial charge in [-0.15, -0.1) is 11.3 Å². The third kappa shape index (κ3) is 2.86. The van der Waals surface area contributed by atoms with Crippen LogP contribution in [0.4, 0.5) is 13.2 Å². The Morgan fingerprint density at radius 1 is 1.18 bits per heavy atom.